The van der Waals surface area contributed by atoms with Gasteiger partial charge in [-0.25, -0.2) is 18.2 Å². The molecule has 4 N–H and O–H groups in total. The molecule has 0 spiro atoms. The predicted molar refractivity (Wildman–Crippen MR) is 107 cm³/mol. The molecule has 3 aromatic rings. The topological polar surface area (TPSA) is 93.0 Å². The average Bonchev–Trinajstić information content (AvgIpc) is 3.09. The van der Waals surface area contributed by atoms with Crippen LogP contribution in [0.25, 0.3) is 0 Å². The molecule has 0 aliphatic heterocycles. The second-order valence-electron chi connectivity index (χ2n) is 6.38. The maximum atomic E-state index is 14.9. The number of aromatic nitrogens is 2. The largest absolute Gasteiger partial charge is 0.453 e. The van der Waals surface area contributed by atoms with Crippen LogP contribution in [0.15, 0.2) is 36.7 Å². The number of nitrogens with zero attached hydrogens (tertiary/aromatic N) is 1. The van der Waals surface area contributed by atoms with Crippen LogP contribution in [-0.2, 0) is 12.5 Å². The Morgan fingerprint density at radius 3 is 2.67 bits per heavy atom. The number of anilines is 1. The number of H-pyrrole nitrogens is 1. The Balaban J connectivity index is 1.84. The first-order chi connectivity index (χ1) is 14.1. The highest BCUT2D eigenvalue weighted by molar-refractivity contribution is 6.32. The number of nitrogen functional groups attached to an aromatic ring is 1. The van der Waals surface area contributed by atoms with Gasteiger partial charge in [0.2, 0.25) is 0 Å². The van der Waals surface area contributed by atoms with Crippen LogP contribution in [-0.4, -0.2) is 15.9 Å². The lowest BCUT2D eigenvalue weighted by Crippen LogP contribution is -2.24. The van der Waals surface area contributed by atoms with Crippen molar-refractivity contribution < 1.29 is 22.7 Å². The second kappa shape index (κ2) is 8.45. The number of carbonyl (C=O) groups is 1. The number of hydrogen-bond donors (Lipinski definition) is 3. The van der Waals surface area contributed by atoms with Crippen LogP contribution in [0.1, 0.15) is 28.5 Å². The molecule has 3 rings (SSSR count). The fraction of sp³-hybridized carbons (Fsp3) is 0.158. The van der Waals surface area contributed by atoms with E-state index in [2.05, 4.69) is 15.3 Å². The Bertz CT molecular complexity index is 1100. The molecule has 0 aliphatic carbocycles. The lowest BCUT2D eigenvalue weighted by atomic mass is 10.1. The van der Waals surface area contributed by atoms with Gasteiger partial charge in [0.1, 0.15) is 11.4 Å². The van der Waals surface area contributed by atoms with Gasteiger partial charge in [-0.1, -0.05) is 29.3 Å². The standard InChI is InChI=1S/C19H15Cl2F3N4O2/c1-19(23,24)10-4-11(25)6-12(5-10)30-16-13(20)3-2-9(14(16)22)7-26-18(29)15-17(21)28-8-27-15/h2-6,8H,7,25H2,1H3,(H,26,29)(H,27,28). The number of carbonyl (C=O) groups excluding carboxylic acids is 1. The summed E-state index contributed by atoms with van der Waals surface area (Å²) in [5.74, 6) is -5.14. The maximum Gasteiger partial charge on any atom is 0.271 e. The summed E-state index contributed by atoms with van der Waals surface area (Å²) >= 11 is 11.8. The van der Waals surface area contributed by atoms with E-state index in [1.165, 1.54) is 24.5 Å². The molecule has 0 aliphatic rings. The minimum absolute atomic E-state index is 0.0143. The molecule has 0 atom stereocenters. The highest BCUT2D eigenvalue weighted by Crippen LogP contribution is 2.37. The molecule has 30 heavy (non-hydrogen) atoms. The monoisotopic (exact) mass is 458 g/mol. The van der Waals surface area contributed by atoms with Crippen LogP contribution in [0.5, 0.6) is 11.5 Å². The van der Waals surface area contributed by atoms with E-state index in [1.54, 1.807) is 0 Å². The Morgan fingerprint density at radius 2 is 2.03 bits per heavy atom. The third-order valence-electron chi connectivity index (χ3n) is 4.04. The van der Waals surface area contributed by atoms with E-state index >= 15 is 0 Å². The van der Waals surface area contributed by atoms with Crippen LogP contribution >= 0.6 is 23.2 Å². The highest BCUT2D eigenvalue weighted by atomic mass is 35.5. The molecule has 1 aromatic heterocycles. The number of rotatable bonds is 6. The first-order valence-electron chi connectivity index (χ1n) is 8.47. The molecule has 0 fully saturated rings. The van der Waals surface area contributed by atoms with Crippen molar-refractivity contribution in [2.45, 2.75) is 19.4 Å². The number of aromatic amines is 1. The van der Waals surface area contributed by atoms with Crippen molar-refractivity contribution in [1.29, 1.82) is 0 Å². The SMILES string of the molecule is CC(F)(F)c1cc(N)cc(Oc2c(Cl)ccc(CNC(=O)c3[nH]cnc3Cl)c2F)c1. The van der Waals surface area contributed by atoms with Gasteiger partial charge in [-0.15, -0.1) is 0 Å². The smallest absolute Gasteiger partial charge is 0.271 e. The number of nitrogens with one attached hydrogen (secondary N) is 2. The number of hydrogen-bond acceptors (Lipinski definition) is 4. The summed E-state index contributed by atoms with van der Waals surface area (Å²) in [7, 11) is 0. The molecule has 0 saturated heterocycles. The van der Waals surface area contributed by atoms with E-state index in [0.29, 0.717) is 6.92 Å². The Kier molecular flexibility index (Phi) is 6.14. The van der Waals surface area contributed by atoms with Gasteiger partial charge in [0.25, 0.3) is 11.8 Å². The number of benzene rings is 2. The minimum Gasteiger partial charge on any atom is -0.453 e. The number of halogens is 5. The molecule has 6 nitrogen and oxygen atoms in total. The van der Waals surface area contributed by atoms with Gasteiger partial charge in [0, 0.05) is 36.3 Å². The van der Waals surface area contributed by atoms with Crippen molar-refractivity contribution in [1.82, 2.24) is 15.3 Å². The van der Waals surface area contributed by atoms with Crippen molar-refractivity contribution in [2.75, 3.05) is 5.73 Å². The molecule has 1 amide bonds. The summed E-state index contributed by atoms with van der Waals surface area (Å²) in [6.45, 7) is 0.483. The van der Waals surface area contributed by atoms with Gasteiger partial charge in [0.15, 0.2) is 16.7 Å². The van der Waals surface area contributed by atoms with Crippen LogP contribution in [0, 0.1) is 5.82 Å². The van der Waals surface area contributed by atoms with Gasteiger partial charge >= 0.3 is 0 Å². The minimum atomic E-state index is -3.17. The summed E-state index contributed by atoms with van der Waals surface area (Å²) in [5, 5.41) is 2.36. The zero-order valence-electron chi connectivity index (χ0n) is 15.4. The van der Waals surface area contributed by atoms with Gasteiger partial charge in [-0.3, -0.25) is 4.79 Å². The summed E-state index contributed by atoms with van der Waals surface area (Å²) in [5.41, 5.74) is 5.34. The highest BCUT2D eigenvalue weighted by Gasteiger charge is 2.26. The number of ether oxygens (including phenoxy) is 1. The quantitative estimate of drug-likeness (QED) is 0.438. The zero-order chi connectivity index (χ0) is 22.1. The molecule has 0 bridgehead atoms. The average molecular weight is 459 g/mol. The van der Waals surface area contributed by atoms with Crippen molar-refractivity contribution in [3.63, 3.8) is 0 Å². The Labute approximate surface area is 179 Å². The zero-order valence-corrected chi connectivity index (χ0v) is 16.9. The third kappa shape index (κ3) is 4.80. The van der Waals surface area contributed by atoms with E-state index in [0.717, 1.165) is 12.1 Å². The first-order valence-corrected chi connectivity index (χ1v) is 9.22. The van der Waals surface area contributed by atoms with Crippen LogP contribution in [0.2, 0.25) is 10.2 Å². The first kappa shape index (κ1) is 21.8. The van der Waals surface area contributed by atoms with E-state index in [4.69, 9.17) is 33.7 Å². The van der Waals surface area contributed by atoms with Gasteiger partial charge in [-0.05, 0) is 18.2 Å². The van der Waals surface area contributed by atoms with E-state index in [1.807, 2.05) is 0 Å². The summed E-state index contributed by atoms with van der Waals surface area (Å²) in [4.78, 5) is 18.3. The van der Waals surface area contributed by atoms with Crippen molar-refractivity contribution in [3.8, 4) is 11.5 Å². The molecule has 0 saturated carbocycles. The number of amides is 1. The van der Waals surface area contributed by atoms with E-state index in [-0.39, 0.29) is 45.2 Å². The molecular formula is C19H15Cl2F3N4O2. The normalized spacial score (nSPS) is 11.4. The molecular weight excluding hydrogens is 444 g/mol. The Hall–Kier alpha value is -2.91. The molecule has 158 valence electrons. The number of imidazole rings is 1. The molecule has 0 radical (unpaired) electrons. The fourth-order valence-corrected chi connectivity index (χ4v) is 2.93. The maximum absolute atomic E-state index is 14.9. The van der Waals surface area contributed by atoms with Crippen molar-refractivity contribution in [3.05, 3.63) is 69.5 Å². The van der Waals surface area contributed by atoms with Gasteiger partial charge in [0.05, 0.1) is 11.3 Å². The summed E-state index contributed by atoms with van der Waals surface area (Å²) < 4.78 is 47.6. The van der Waals surface area contributed by atoms with Crippen LogP contribution in [0.4, 0.5) is 18.9 Å². The molecule has 2 aromatic carbocycles. The predicted octanol–water partition coefficient (Wildman–Crippen LogP) is 5.27. The van der Waals surface area contributed by atoms with Gasteiger partial charge in [-0.2, -0.15) is 0 Å². The van der Waals surface area contributed by atoms with Gasteiger partial charge < -0.3 is 20.8 Å². The van der Waals surface area contributed by atoms with Crippen LogP contribution in [0.3, 0.4) is 0 Å². The second-order valence-corrected chi connectivity index (χ2v) is 7.15. The molecule has 1 heterocycles. The van der Waals surface area contributed by atoms with Crippen molar-refractivity contribution >= 4 is 34.8 Å². The number of alkyl halides is 2. The summed E-state index contributed by atoms with van der Waals surface area (Å²) in [6, 6.07) is 6.11. The molecule has 11 heteroatoms. The molecule has 0 unspecified atom stereocenters. The Morgan fingerprint density at radius 1 is 1.30 bits per heavy atom. The third-order valence-corrected chi connectivity index (χ3v) is 4.63. The lowest BCUT2D eigenvalue weighted by Gasteiger charge is -2.16. The fourth-order valence-electron chi connectivity index (χ4n) is 2.56. The van der Waals surface area contributed by atoms with Crippen molar-refractivity contribution in [2.24, 2.45) is 0 Å². The lowest BCUT2D eigenvalue weighted by molar-refractivity contribution is 0.0173. The summed E-state index contributed by atoms with van der Waals surface area (Å²) in [6.07, 6.45) is 1.24. The van der Waals surface area contributed by atoms with Crippen LogP contribution < -0.4 is 15.8 Å². The van der Waals surface area contributed by atoms with E-state index < -0.39 is 23.2 Å². The van der Waals surface area contributed by atoms with E-state index in [9.17, 15) is 18.0 Å². The number of nitrogens with two attached hydrogens (primary N) is 1.